The number of nitrogens with one attached hydrogen (secondary N) is 1. The lowest BCUT2D eigenvalue weighted by Crippen LogP contribution is -2.47. The number of aliphatic carboxylic acids is 1. The Morgan fingerprint density at radius 1 is 1.33 bits per heavy atom. The van der Waals surface area contributed by atoms with Crippen LogP contribution in [0, 0.1) is 5.92 Å². The summed E-state index contributed by atoms with van der Waals surface area (Å²) in [6.07, 6.45) is -1.73. The maximum absolute atomic E-state index is 12.2. The third kappa shape index (κ3) is 6.31. The lowest BCUT2D eigenvalue weighted by molar-refractivity contribution is -0.148. The second kappa shape index (κ2) is 5.92. The largest absolute Gasteiger partial charge is 0.480 e. The van der Waals surface area contributed by atoms with Crippen molar-refractivity contribution in [3.05, 3.63) is 0 Å². The van der Waals surface area contributed by atoms with Crippen molar-refractivity contribution in [3.8, 4) is 0 Å². The highest BCUT2D eigenvalue weighted by Gasteiger charge is 2.34. The van der Waals surface area contributed by atoms with Crippen LogP contribution in [0.1, 0.15) is 19.3 Å². The zero-order chi connectivity index (χ0) is 13.8. The first-order valence-electron chi connectivity index (χ1n) is 5.59. The minimum absolute atomic E-state index is 0.245. The van der Waals surface area contributed by atoms with Crippen LogP contribution in [0.4, 0.5) is 18.0 Å². The highest BCUT2D eigenvalue weighted by Crippen LogP contribution is 2.31. The van der Waals surface area contributed by atoms with E-state index in [-0.39, 0.29) is 11.4 Å². The summed E-state index contributed by atoms with van der Waals surface area (Å²) in [5.41, 5.74) is 0. The summed E-state index contributed by atoms with van der Waals surface area (Å²) >= 11 is 0. The third-order valence-corrected chi connectivity index (χ3v) is 2.51. The Bertz CT molecular complexity index is 316. The number of alkyl halides is 3. The lowest BCUT2D eigenvalue weighted by atomic mass is 10.3. The summed E-state index contributed by atoms with van der Waals surface area (Å²) in [6, 6.07) is -0.990. The van der Waals surface area contributed by atoms with E-state index in [4.69, 9.17) is 5.11 Å². The molecule has 1 saturated carbocycles. The monoisotopic (exact) mass is 268 g/mol. The van der Waals surface area contributed by atoms with Crippen molar-refractivity contribution in [1.29, 1.82) is 0 Å². The topological polar surface area (TPSA) is 69.6 Å². The van der Waals surface area contributed by atoms with Crippen LogP contribution in [0.25, 0.3) is 0 Å². The number of carbonyl (C=O) groups excluding carboxylic acids is 1. The Labute approximate surface area is 102 Å². The maximum atomic E-state index is 12.2. The number of urea groups is 1. The second-order valence-corrected chi connectivity index (χ2v) is 4.33. The molecule has 0 aromatic carbocycles. The molecule has 18 heavy (non-hydrogen) atoms. The molecule has 2 N–H and O–H groups in total. The van der Waals surface area contributed by atoms with Gasteiger partial charge in [0.05, 0.1) is 0 Å². The van der Waals surface area contributed by atoms with Gasteiger partial charge in [-0.1, -0.05) is 12.8 Å². The second-order valence-electron chi connectivity index (χ2n) is 4.33. The molecule has 0 bridgehead atoms. The van der Waals surface area contributed by atoms with Crippen LogP contribution in [-0.4, -0.2) is 47.8 Å². The highest BCUT2D eigenvalue weighted by atomic mass is 19.4. The minimum atomic E-state index is -4.61. The van der Waals surface area contributed by atoms with Gasteiger partial charge in [-0.2, -0.15) is 13.2 Å². The van der Waals surface area contributed by atoms with Crippen molar-refractivity contribution >= 4 is 12.0 Å². The number of carbonyl (C=O) groups is 2. The van der Waals surface area contributed by atoms with Gasteiger partial charge in [-0.15, -0.1) is 0 Å². The van der Waals surface area contributed by atoms with Crippen molar-refractivity contribution in [2.24, 2.45) is 5.92 Å². The fourth-order valence-electron chi connectivity index (χ4n) is 1.48. The molecule has 0 saturated heterocycles. The SMILES string of the molecule is O=C(O)CN(CC(F)(F)F)C(=O)NCCC1CC1. The number of amides is 2. The van der Waals surface area contributed by atoms with Crippen LogP contribution in [-0.2, 0) is 4.79 Å². The van der Waals surface area contributed by atoms with Crippen LogP contribution in [0.3, 0.4) is 0 Å². The van der Waals surface area contributed by atoms with E-state index in [0.29, 0.717) is 5.92 Å². The lowest BCUT2D eigenvalue weighted by Gasteiger charge is -2.22. The van der Waals surface area contributed by atoms with E-state index < -0.39 is 31.3 Å². The molecular formula is C10H15F3N2O3. The fourth-order valence-corrected chi connectivity index (χ4v) is 1.48. The number of carboxylic acid groups (broad SMARTS) is 1. The number of hydrogen-bond acceptors (Lipinski definition) is 2. The van der Waals surface area contributed by atoms with Gasteiger partial charge in [-0.05, 0) is 12.3 Å². The van der Waals surface area contributed by atoms with Gasteiger partial charge < -0.3 is 15.3 Å². The predicted molar refractivity (Wildman–Crippen MR) is 56.0 cm³/mol. The third-order valence-electron chi connectivity index (χ3n) is 2.51. The van der Waals surface area contributed by atoms with Crippen molar-refractivity contribution < 1.29 is 27.9 Å². The van der Waals surface area contributed by atoms with Gasteiger partial charge >= 0.3 is 18.2 Å². The summed E-state index contributed by atoms with van der Waals surface area (Å²) in [4.78, 5) is 22.1. The maximum Gasteiger partial charge on any atom is 0.406 e. The molecule has 1 aliphatic rings. The summed E-state index contributed by atoms with van der Waals surface area (Å²) < 4.78 is 36.5. The number of rotatable bonds is 6. The van der Waals surface area contributed by atoms with Crippen LogP contribution in [0.15, 0.2) is 0 Å². The zero-order valence-corrected chi connectivity index (χ0v) is 9.66. The molecule has 0 aromatic rings. The van der Waals surface area contributed by atoms with E-state index in [1.54, 1.807) is 0 Å². The molecule has 8 heteroatoms. The number of carboxylic acids is 1. The Morgan fingerprint density at radius 2 is 1.94 bits per heavy atom. The van der Waals surface area contributed by atoms with Gasteiger partial charge in [-0.25, -0.2) is 4.79 Å². The van der Waals surface area contributed by atoms with E-state index >= 15 is 0 Å². The van der Waals surface area contributed by atoms with E-state index in [1.807, 2.05) is 0 Å². The molecule has 0 unspecified atom stereocenters. The highest BCUT2D eigenvalue weighted by molar-refractivity contribution is 5.80. The van der Waals surface area contributed by atoms with Crippen LogP contribution < -0.4 is 5.32 Å². The normalized spacial score (nSPS) is 15.3. The average Bonchev–Trinajstić information content (AvgIpc) is 2.97. The average molecular weight is 268 g/mol. The predicted octanol–water partition coefficient (Wildman–Crippen LogP) is 1.45. The molecule has 0 aliphatic heterocycles. The smallest absolute Gasteiger partial charge is 0.406 e. The summed E-state index contributed by atoms with van der Waals surface area (Å²) in [6.45, 7) is -2.25. The van der Waals surface area contributed by atoms with Crippen LogP contribution >= 0.6 is 0 Å². The molecular weight excluding hydrogens is 253 g/mol. The van der Waals surface area contributed by atoms with Gasteiger partial charge in [0.2, 0.25) is 0 Å². The Balaban J connectivity index is 2.40. The molecule has 1 aliphatic carbocycles. The number of halogens is 3. The molecule has 0 radical (unpaired) electrons. The summed E-state index contributed by atoms with van der Waals surface area (Å²) in [7, 11) is 0. The van der Waals surface area contributed by atoms with Crippen molar-refractivity contribution in [3.63, 3.8) is 0 Å². The first kappa shape index (κ1) is 14.6. The molecule has 0 atom stereocenters. The molecule has 0 heterocycles. The minimum Gasteiger partial charge on any atom is -0.480 e. The Morgan fingerprint density at radius 3 is 2.39 bits per heavy atom. The van der Waals surface area contributed by atoms with Crippen molar-refractivity contribution in [2.45, 2.75) is 25.4 Å². The molecule has 5 nitrogen and oxygen atoms in total. The Kier molecular flexibility index (Phi) is 4.80. The van der Waals surface area contributed by atoms with Gasteiger partial charge in [-0.3, -0.25) is 4.79 Å². The molecule has 2 amide bonds. The molecule has 0 spiro atoms. The molecule has 1 fully saturated rings. The Hall–Kier alpha value is -1.47. The van der Waals surface area contributed by atoms with Crippen LogP contribution in [0.2, 0.25) is 0 Å². The fraction of sp³-hybridized carbons (Fsp3) is 0.800. The number of hydrogen-bond donors (Lipinski definition) is 2. The van der Waals surface area contributed by atoms with E-state index in [2.05, 4.69) is 5.32 Å². The van der Waals surface area contributed by atoms with E-state index in [0.717, 1.165) is 19.3 Å². The van der Waals surface area contributed by atoms with E-state index in [9.17, 15) is 22.8 Å². The van der Waals surface area contributed by atoms with Gasteiger partial charge in [0.1, 0.15) is 13.1 Å². The molecule has 1 rings (SSSR count). The quantitative estimate of drug-likeness (QED) is 0.766. The first-order chi connectivity index (χ1) is 8.28. The molecule has 104 valence electrons. The van der Waals surface area contributed by atoms with Gasteiger partial charge in [0.15, 0.2) is 0 Å². The van der Waals surface area contributed by atoms with Crippen molar-refractivity contribution in [1.82, 2.24) is 10.2 Å². The summed E-state index contributed by atoms with van der Waals surface area (Å²) in [5, 5.41) is 10.8. The van der Waals surface area contributed by atoms with Gasteiger partial charge in [0, 0.05) is 6.54 Å². The number of nitrogens with zero attached hydrogens (tertiary/aromatic N) is 1. The van der Waals surface area contributed by atoms with Gasteiger partial charge in [0.25, 0.3) is 0 Å². The van der Waals surface area contributed by atoms with Crippen molar-refractivity contribution in [2.75, 3.05) is 19.6 Å². The first-order valence-corrected chi connectivity index (χ1v) is 5.59. The van der Waals surface area contributed by atoms with E-state index in [1.165, 1.54) is 0 Å². The standard InChI is InChI=1S/C10H15F3N2O3/c11-10(12,13)6-15(5-8(16)17)9(18)14-4-3-7-1-2-7/h7H,1-6H2,(H,14,18)(H,16,17). The molecule has 0 aromatic heterocycles. The summed E-state index contributed by atoms with van der Waals surface area (Å²) in [5.74, 6) is -0.933. The van der Waals surface area contributed by atoms with Crippen LogP contribution in [0.5, 0.6) is 0 Å². The zero-order valence-electron chi connectivity index (χ0n) is 9.66.